The van der Waals surface area contributed by atoms with Gasteiger partial charge in [0, 0.05) is 17.6 Å². The van der Waals surface area contributed by atoms with Crippen molar-refractivity contribution in [3.8, 4) is 0 Å². The highest BCUT2D eigenvalue weighted by Crippen LogP contribution is 2.18. The molecule has 0 radical (unpaired) electrons. The minimum atomic E-state index is -0.0976. The van der Waals surface area contributed by atoms with Crippen molar-refractivity contribution in [1.29, 1.82) is 0 Å². The molecule has 1 unspecified atom stereocenters. The first kappa shape index (κ1) is 14.0. The van der Waals surface area contributed by atoms with Crippen molar-refractivity contribution in [2.75, 3.05) is 19.7 Å². The predicted octanol–water partition coefficient (Wildman–Crippen LogP) is 2.73. The first-order chi connectivity index (χ1) is 8.57. The van der Waals surface area contributed by atoms with Crippen molar-refractivity contribution in [1.82, 2.24) is 5.32 Å². The predicted molar refractivity (Wildman–Crippen MR) is 75.6 cm³/mol. The lowest BCUT2D eigenvalue weighted by Crippen LogP contribution is -2.51. The van der Waals surface area contributed by atoms with Crippen LogP contribution in [0.5, 0.6) is 0 Å². The molecule has 1 heterocycles. The topological polar surface area (TPSA) is 30.5 Å². The molecule has 0 aromatic heterocycles. The maximum Gasteiger partial charge on any atom is 0.0940 e. The molecule has 3 nitrogen and oxygen atoms in total. The van der Waals surface area contributed by atoms with E-state index in [9.17, 15) is 0 Å². The van der Waals surface area contributed by atoms with Gasteiger partial charge in [-0.05, 0) is 25.5 Å². The highest BCUT2D eigenvalue weighted by atomic mass is 79.9. The Morgan fingerprint density at radius 2 is 2.22 bits per heavy atom. The summed E-state index contributed by atoms with van der Waals surface area (Å²) in [5, 5.41) is 3.37. The minimum absolute atomic E-state index is 0.0976. The summed E-state index contributed by atoms with van der Waals surface area (Å²) in [7, 11) is 0. The second-order valence-electron chi connectivity index (χ2n) is 5.24. The number of morpholine rings is 1. The number of halogens is 1. The van der Waals surface area contributed by atoms with E-state index in [4.69, 9.17) is 9.47 Å². The molecule has 1 atom stereocenters. The van der Waals surface area contributed by atoms with E-state index in [1.165, 1.54) is 5.56 Å². The summed E-state index contributed by atoms with van der Waals surface area (Å²) in [4.78, 5) is 0. The van der Waals surface area contributed by atoms with E-state index in [-0.39, 0.29) is 11.7 Å². The van der Waals surface area contributed by atoms with Crippen LogP contribution in [-0.4, -0.2) is 31.4 Å². The van der Waals surface area contributed by atoms with Gasteiger partial charge in [0.1, 0.15) is 0 Å². The van der Waals surface area contributed by atoms with Gasteiger partial charge in [0.05, 0.1) is 24.9 Å². The average molecular weight is 314 g/mol. The number of ether oxygens (including phenoxy) is 2. The van der Waals surface area contributed by atoms with E-state index < -0.39 is 0 Å². The largest absolute Gasteiger partial charge is 0.374 e. The molecule has 1 N–H and O–H groups in total. The van der Waals surface area contributed by atoms with E-state index in [1.807, 2.05) is 18.2 Å². The average Bonchev–Trinajstić information content (AvgIpc) is 2.30. The van der Waals surface area contributed by atoms with Gasteiger partial charge in [-0.1, -0.05) is 34.1 Å². The van der Waals surface area contributed by atoms with Crippen molar-refractivity contribution in [3.05, 3.63) is 34.3 Å². The van der Waals surface area contributed by atoms with Crippen molar-refractivity contribution in [2.45, 2.75) is 32.2 Å². The standard InChI is InChI=1S/C14H20BrNO2/c1-14(2)10-16-7-12(18-14)9-17-8-11-5-3-4-6-13(11)15/h3-6,12,16H,7-10H2,1-2H3. The van der Waals surface area contributed by atoms with Crippen LogP contribution in [0, 0.1) is 0 Å². The number of hydrogen-bond acceptors (Lipinski definition) is 3. The van der Waals surface area contributed by atoms with Crippen LogP contribution in [0.25, 0.3) is 0 Å². The van der Waals surface area contributed by atoms with Gasteiger partial charge >= 0.3 is 0 Å². The van der Waals surface area contributed by atoms with Crippen LogP contribution in [0.1, 0.15) is 19.4 Å². The number of hydrogen-bond donors (Lipinski definition) is 1. The molecular formula is C14H20BrNO2. The minimum Gasteiger partial charge on any atom is -0.374 e. The van der Waals surface area contributed by atoms with Crippen LogP contribution in [0.3, 0.4) is 0 Å². The van der Waals surface area contributed by atoms with Crippen LogP contribution in [0.4, 0.5) is 0 Å². The van der Waals surface area contributed by atoms with Crippen LogP contribution >= 0.6 is 15.9 Å². The summed E-state index contributed by atoms with van der Waals surface area (Å²) in [6, 6.07) is 8.12. The summed E-state index contributed by atoms with van der Waals surface area (Å²) in [6.45, 7) is 7.19. The molecule has 2 rings (SSSR count). The van der Waals surface area contributed by atoms with Crippen molar-refractivity contribution in [2.24, 2.45) is 0 Å². The monoisotopic (exact) mass is 313 g/mol. The maximum absolute atomic E-state index is 5.94. The maximum atomic E-state index is 5.94. The molecule has 0 aliphatic carbocycles. The third-order valence-electron chi connectivity index (χ3n) is 2.93. The molecule has 1 aromatic carbocycles. The SMILES string of the molecule is CC1(C)CNCC(COCc2ccccc2Br)O1. The zero-order chi connectivity index (χ0) is 13.0. The second kappa shape index (κ2) is 6.15. The zero-order valence-corrected chi connectivity index (χ0v) is 12.5. The van der Waals surface area contributed by atoms with Crippen LogP contribution in [0.15, 0.2) is 28.7 Å². The molecule has 1 aliphatic heterocycles. The molecule has 0 bridgehead atoms. The lowest BCUT2D eigenvalue weighted by Gasteiger charge is -2.36. The van der Waals surface area contributed by atoms with Crippen LogP contribution in [0.2, 0.25) is 0 Å². The van der Waals surface area contributed by atoms with Crippen molar-refractivity contribution >= 4 is 15.9 Å². The Balaban J connectivity index is 1.77. The highest BCUT2D eigenvalue weighted by molar-refractivity contribution is 9.10. The molecule has 1 aromatic rings. The molecule has 1 aliphatic rings. The Hall–Kier alpha value is -0.420. The van der Waals surface area contributed by atoms with Gasteiger partial charge in [0.25, 0.3) is 0 Å². The highest BCUT2D eigenvalue weighted by Gasteiger charge is 2.28. The Morgan fingerprint density at radius 3 is 2.94 bits per heavy atom. The Morgan fingerprint density at radius 1 is 1.44 bits per heavy atom. The molecule has 100 valence electrons. The van der Waals surface area contributed by atoms with E-state index in [0.29, 0.717) is 13.2 Å². The lowest BCUT2D eigenvalue weighted by atomic mass is 10.1. The number of benzene rings is 1. The number of rotatable bonds is 4. The molecule has 0 amide bonds. The van der Waals surface area contributed by atoms with Gasteiger partial charge in [0.2, 0.25) is 0 Å². The smallest absolute Gasteiger partial charge is 0.0940 e. The third kappa shape index (κ3) is 4.05. The van der Waals surface area contributed by atoms with Gasteiger partial charge < -0.3 is 14.8 Å². The second-order valence-corrected chi connectivity index (χ2v) is 6.09. The van der Waals surface area contributed by atoms with E-state index in [0.717, 1.165) is 17.6 Å². The Kier molecular flexibility index (Phi) is 4.78. The van der Waals surface area contributed by atoms with Gasteiger partial charge in [-0.3, -0.25) is 0 Å². The lowest BCUT2D eigenvalue weighted by molar-refractivity contribution is -0.122. The quantitative estimate of drug-likeness (QED) is 0.927. The fourth-order valence-corrected chi connectivity index (χ4v) is 2.48. The fourth-order valence-electron chi connectivity index (χ4n) is 2.08. The Labute approximate surface area is 117 Å². The first-order valence-electron chi connectivity index (χ1n) is 6.26. The summed E-state index contributed by atoms with van der Waals surface area (Å²) in [5.41, 5.74) is 1.07. The van der Waals surface area contributed by atoms with Gasteiger partial charge in [-0.25, -0.2) is 0 Å². The summed E-state index contributed by atoms with van der Waals surface area (Å²) < 4.78 is 12.8. The molecular weight excluding hydrogens is 294 g/mol. The molecule has 18 heavy (non-hydrogen) atoms. The summed E-state index contributed by atoms with van der Waals surface area (Å²) in [5.74, 6) is 0. The zero-order valence-electron chi connectivity index (χ0n) is 10.9. The molecule has 0 saturated carbocycles. The summed E-state index contributed by atoms with van der Waals surface area (Å²) >= 11 is 3.52. The van der Waals surface area contributed by atoms with Crippen LogP contribution < -0.4 is 5.32 Å². The first-order valence-corrected chi connectivity index (χ1v) is 7.06. The van der Waals surface area contributed by atoms with Gasteiger partial charge in [0.15, 0.2) is 0 Å². The fraction of sp³-hybridized carbons (Fsp3) is 0.571. The van der Waals surface area contributed by atoms with Gasteiger partial charge in [-0.15, -0.1) is 0 Å². The molecule has 4 heteroatoms. The third-order valence-corrected chi connectivity index (χ3v) is 3.70. The summed E-state index contributed by atoms with van der Waals surface area (Å²) in [6.07, 6.45) is 0.135. The van der Waals surface area contributed by atoms with E-state index in [1.54, 1.807) is 0 Å². The normalized spacial score (nSPS) is 22.9. The van der Waals surface area contributed by atoms with Crippen LogP contribution in [-0.2, 0) is 16.1 Å². The molecule has 1 fully saturated rings. The van der Waals surface area contributed by atoms with E-state index >= 15 is 0 Å². The van der Waals surface area contributed by atoms with Crippen molar-refractivity contribution < 1.29 is 9.47 Å². The van der Waals surface area contributed by atoms with Gasteiger partial charge in [-0.2, -0.15) is 0 Å². The van der Waals surface area contributed by atoms with Crippen molar-refractivity contribution in [3.63, 3.8) is 0 Å². The van der Waals surface area contributed by atoms with E-state index in [2.05, 4.69) is 41.2 Å². The Bertz CT molecular complexity index is 395. The number of nitrogens with one attached hydrogen (secondary N) is 1. The molecule has 1 saturated heterocycles. The molecule has 0 spiro atoms.